The summed E-state index contributed by atoms with van der Waals surface area (Å²) >= 11 is 1.46. The van der Waals surface area contributed by atoms with Crippen LogP contribution in [0.15, 0.2) is 40.3 Å². The Hall–Kier alpha value is -2.06. The molecule has 1 N–H and O–H groups in total. The average molecular weight is 271 g/mol. The van der Waals surface area contributed by atoms with Gasteiger partial charge in [-0.2, -0.15) is 5.26 Å². The molecule has 96 valence electrons. The summed E-state index contributed by atoms with van der Waals surface area (Å²) in [4.78, 5) is 19.0. The van der Waals surface area contributed by atoms with Crippen molar-refractivity contribution in [1.29, 1.82) is 5.26 Å². The van der Waals surface area contributed by atoms with E-state index in [4.69, 9.17) is 5.26 Å². The first kappa shape index (κ1) is 13.4. The van der Waals surface area contributed by atoms with Gasteiger partial charge in [-0.05, 0) is 0 Å². The molecule has 0 unspecified atom stereocenters. The molecular formula is C14H13N3OS. The van der Waals surface area contributed by atoms with Crippen LogP contribution in [0.25, 0.3) is 11.3 Å². The third-order valence-corrected chi connectivity index (χ3v) is 3.29. The molecule has 4 nitrogen and oxygen atoms in total. The van der Waals surface area contributed by atoms with E-state index in [0.717, 1.165) is 5.56 Å². The Morgan fingerprint density at radius 2 is 2.00 bits per heavy atom. The molecule has 0 bridgehead atoms. The molecule has 0 saturated carbocycles. The number of hydrogen-bond donors (Lipinski definition) is 1. The zero-order valence-corrected chi connectivity index (χ0v) is 11.5. The maximum Gasteiger partial charge on any atom is 0.270 e. The first-order valence-corrected chi connectivity index (χ1v) is 6.76. The lowest BCUT2D eigenvalue weighted by Crippen LogP contribution is -2.15. The lowest BCUT2D eigenvalue weighted by Gasteiger charge is -2.07. The Morgan fingerprint density at radius 3 is 2.58 bits per heavy atom. The zero-order chi connectivity index (χ0) is 13.8. The van der Waals surface area contributed by atoms with Gasteiger partial charge in [0.25, 0.3) is 5.56 Å². The van der Waals surface area contributed by atoms with Crippen LogP contribution in [-0.2, 0) is 0 Å². The molecule has 0 radical (unpaired) electrons. The minimum absolute atomic E-state index is 0.0549. The van der Waals surface area contributed by atoms with Crippen molar-refractivity contribution >= 4 is 11.8 Å². The van der Waals surface area contributed by atoms with E-state index in [2.05, 4.69) is 9.97 Å². The van der Waals surface area contributed by atoms with Crippen molar-refractivity contribution in [2.45, 2.75) is 24.3 Å². The number of nitrogens with one attached hydrogen (secondary N) is 1. The maximum absolute atomic E-state index is 11.9. The number of nitriles is 1. The molecule has 0 amide bonds. The number of nitrogens with zero attached hydrogens (tertiary/aromatic N) is 2. The van der Waals surface area contributed by atoms with Gasteiger partial charge in [0.2, 0.25) is 0 Å². The molecular weight excluding hydrogens is 258 g/mol. The van der Waals surface area contributed by atoms with Crippen LogP contribution in [0.2, 0.25) is 0 Å². The summed E-state index contributed by atoms with van der Waals surface area (Å²) in [6, 6.07) is 11.2. The van der Waals surface area contributed by atoms with Gasteiger partial charge in [-0.1, -0.05) is 55.9 Å². The predicted octanol–water partition coefficient (Wildman–Crippen LogP) is 2.81. The largest absolute Gasteiger partial charge is 0.300 e. The first-order valence-electron chi connectivity index (χ1n) is 5.88. The molecule has 0 aliphatic carbocycles. The van der Waals surface area contributed by atoms with Gasteiger partial charge in [0.05, 0.1) is 5.69 Å². The summed E-state index contributed by atoms with van der Waals surface area (Å²) in [5, 5.41) is 9.96. The molecule has 2 rings (SSSR count). The van der Waals surface area contributed by atoms with E-state index in [1.165, 1.54) is 11.8 Å². The van der Waals surface area contributed by atoms with Gasteiger partial charge in [0.15, 0.2) is 5.16 Å². The van der Waals surface area contributed by atoms with Crippen molar-refractivity contribution in [2.24, 2.45) is 0 Å². The number of aromatic amines is 1. The lowest BCUT2D eigenvalue weighted by molar-refractivity contribution is 0.925. The van der Waals surface area contributed by atoms with Crippen molar-refractivity contribution in [2.75, 3.05) is 0 Å². The van der Waals surface area contributed by atoms with Crippen LogP contribution in [-0.4, -0.2) is 15.2 Å². The van der Waals surface area contributed by atoms with E-state index in [1.54, 1.807) is 0 Å². The highest BCUT2D eigenvalue weighted by Crippen LogP contribution is 2.23. The predicted molar refractivity (Wildman–Crippen MR) is 76.0 cm³/mol. The molecule has 0 atom stereocenters. The number of rotatable bonds is 3. The number of aromatic nitrogens is 2. The molecule has 1 heterocycles. The second-order valence-electron chi connectivity index (χ2n) is 4.24. The number of H-pyrrole nitrogens is 1. The quantitative estimate of drug-likeness (QED) is 0.688. The van der Waals surface area contributed by atoms with E-state index < -0.39 is 0 Å². The van der Waals surface area contributed by atoms with Gasteiger partial charge in [0.1, 0.15) is 11.6 Å². The van der Waals surface area contributed by atoms with Crippen molar-refractivity contribution in [3.05, 3.63) is 46.2 Å². The van der Waals surface area contributed by atoms with Gasteiger partial charge < -0.3 is 4.98 Å². The SMILES string of the molecule is CC(C)Sc1nc(-c2ccccc2)c(C#N)c(=O)[nH]1. The fourth-order valence-corrected chi connectivity index (χ4v) is 2.38. The summed E-state index contributed by atoms with van der Waals surface area (Å²) in [7, 11) is 0. The molecule has 0 fully saturated rings. The molecule has 5 heteroatoms. The van der Waals surface area contributed by atoms with E-state index in [0.29, 0.717) is 16.1 Å². The van der Waals surface area contributed by atoms with Crippen LogP contribution in [0.4, 0.5) is 0 Å². The Kier molecular flexibility index (Phi) is 4.03. The molecule has 2 aromatic rings. The Labute approximate surface area is 115 Å². The minimum atomic E-state index is -0.389. The monoisotopic (exact) mass is 271 g/mol. The highest BCUT2D eigenvalue weighted by atomic mass is 32.2. The minimum Gasteiger partial charge on any atom is -0.300 e. The molecule has 19 heavy (non-hydrogen) atoms. The van der Waals surface area contributed by atoms with Crippen LogP contribution in [0, 0.1) is 11.3 Å². The Bertz CT molecular complexity index is 671. The summed E-state index contributed by atoms with van der Waals surface area (Å²) in [5.41, 5.74) is 0.879. The summed E-state index contributed by atoms with van der Waals surface area (Å²) in [5.74, 6) is 0. The van der Waals surface area contributed by atoms with Gasteiger partial charge in [-0.3, -0.25) is 4.79 Å². The van der Waals surface area contributed by atoms with Gasteiger partial charge in [-0.15, -0.1) is 0 Å². The topological polar surface area (TPSA) is 69.5 Å². The highest BCUT2D eigenvalue weighted by molar-refractivity contribution is 7.99. The third-order valence-electron chi connectivity index (χ3n) is 2.40. The fraction of sp³-hybridized carbons (Fsp3) is 0.214. The second kappa shape index (κ2) is 5.72. The molecule has 0 spiro atoms. The summed E-state index contributed by atoms with van der Waals surface area (Å²) < 4.78 is 0. The normalized spacial score (nSPS) is 10.4. The van der Waals surface area contributed by atoms with E-state index in [9.17, 15) is 4.79 Å². The lowest BCUT2D eigenvalue weighted by atomic mass is 10.1. The molecule has 1 aromatic carbocycles. The van der Waals surface area contributed by atoms with Crippen LogP contribution in [0.1, 0.15) is 19.4 Å². The van der Waals surface area contributed by atoms with Crippen molar-refractivity contribution < 1.29 is 0 Å². The first-order chi connectivity index (χ1) is 9.11. The van der Waals surface area contributed by atoms with Crippen molar-refractivity contribution in [3.8, 4) is 17.3 Å². The van der Waals surface area contributed by atoms with Crippen LogP contribution in [0.5, 0.6) is 0 Å². The number of benzene rings is 1. The van der Waals surface area contributed by atoms with Crippen LogP contribution >= 0.6 is 11.8 Å². The molecule has 0 aliphatic heterocycles. The third kappa shape index (κ3) is 3.04. The average Bonchev–Trinajstić information content (AvgIpc) is 2.38. The van der Waals surface area contributed by atoms with Crippen LogP contribution < -0.4 is 5.56 Å². The molecule has 0 aliphatic rings. The van der Waals surface area contributed by atoms with Crippen molar-refractivity contribution in [1.82, 2.24) is 9.97 Å². The van der Waals surface area contributed by atoms with E-state index >= 15 is 0 Å². The van der Waals surface area contributed by atoms with Gasteiger partial charge >= 0.3 is 0 Å². The van der Waals surface area contributed by atoms with E-state index in [-0.39, 0.29) is 11.1 Å². The zero-order valence-electron chi connectivity index (χ0n) is 10.7. The maximum atomic E-state index is 11.9. The van der Waals surface area contributed by atoms with E-state index in [1.807, 2.05) is 50.2 Å². The van der Waals surface area contributed by atoms with Gasteiger partial charge in [0, 0.05) is 10.8 Å². The van der Waals surface area contributed by atoms with Crippen LogP contribution in [0.3, 0.4) is 0 Å². The van der Waals surface area contributed by atoms with Gasteiger partial charge in [-0.25, -0.2) is 4.98 Å². The highest BCUT2D eigenvalue weighted by Gasteiger charge is 2.13. The standard InChI is InChI=1S/C14H13N3OS/c1-9(2)19-14-16-12(10-6-4-3-5-7-10)11(8-15)13(18)17-14/h3-7,9H,1-2H3,(H,16,17,18). The Balaban J connectivity index is 2.61. The fourth-order valence-electron chi connectivity index (χ4n) is 1.64. The number of thioether (sulfide) groups is 1. The molecule has 1 aromatic heterocycles. The van der Waals surface area contributed by atoms with Crippen molar-refractivity contribution in [3.63, 3.8) is 0 Å². The summed E-state index contributed by atoms with van der Waals surface area (Å²) in [6.45, 7) is 4.04. The second-order valence-corrected chi connectivity index (χ2v) is 5.80. The smallest absolute Gasteiger partial charge is 0.270 e. The Morgan fingerprint density at radius 1 is 1.32 bits per heavy atom. The summed E-state index contributed by atoms with van der Waals surface area (Å²) in [6.07, 6.45) is 0. The number of hydrogen-bond acceptors (Lipinski definition) is 4. The molecule has 0 saturated heterocycles.